The summed E-state index contributed by atoms with van der Waals surface area (Å²) in [5.41, 5.74) is 10.0. The molecule has 0 aliphatic carbocycles. The molecular formula is C9H11ClN4O3S. The Balaban J connectivity index is 3.35. The van der Waals surface area contributed by atoms with Crippen molar-refractivity contribution in [3.05, 3.63) is 28.8 Å². The van der Waals surface area contributed by atoms with Crippen molar-refractivity contribution in [3.8, 4) is 0 Å². The topological polar surface area (TPSA) is 128 Å². The smallest absolute Gasteiger partial charge is 0.281 e. The molecule has 5 N–H and O–H groups in total. The van der Waals surface area contributed by atoms with Crippen molar-refractivity contribution >= 4 is 33.5 Å². The molecule has 0 aliphatic rings. The molecule has 98 valence electrons. The molecule has 7 nitrogen and oxygen atoms in total. The van der Waals surface area contributed by atoms with Gasteiger partial charge in [0.15, 0.2) is 5.96 Å². The van der Waals surface area contributed by atoms with Gasteiger partial charge in [0.1, 0.15) is 0 Å². The van der Waals surface area contributed by atoms with Crippen molar-refractivity contribution in [2.75, 3.05) is 7.05 Å². The molecule has 0 unspecified atom stereocenters. The van der Waals surface area contributed by atoms with E-state index in [4.69, 9.17) is 23.1 Å². The quantitative estimate of drug-likeness (QED) is 0.518. The number of guanidine groups is 1. The fourth-order valence-electron chi connectivity index (χ4n) is 1.13. The third kappa shape index (κ3) is 3.19. The summed E-state index contributed by atoms with van der Waals surface area (Å²) in [6, 6.07) is 3.64. The van der Waals surface area contributed by atoms with Crippen LogP contribution in [0.2, 0.25) is 5.02 Å². The lowest BCUT2D eigenvalue weighted by atomic mass is 10.2. The first-order chi connectivity index (χ1) is 8.27. The first kappa shape index (κ1) is 14.4. The van der Waals surface area contributed by atoms with Gasteiger partial charge in [-0.25, -0.2) is 13.1 Å². The van der Waals surface area contributed by atoms with E-state index in [2.05, 4.69) is 9.71 Å². The number of aliphatic imine (C=N–C) groups is 1. The van der Waals surface area contributed by atoms with Crippen LogP contribution in [0.1, 0.15) is 10.4 Å². The van der Waals surface area contributed by atoms with Crippen molar-refractivity contribution in [2.45, 2.75) is 4.90 Å². The zero-order chi connectivity index (χ0) is 13.9. The van der Waals surface area contributed by atoms with E-state index in [9.17, 15) is 13.2 Å². The summed E-state index contributed by atoms with van der Waals surface area (Å²) in [6.45, 7) is 0. The summed E-state index contributed by atoms with van der Waals surface area (Å²) in [5.74, 6) is -1.24. The standard InChI is InChI=1S/C9H11ClN4O3S/c1-13-18(16,17)5-2-3-7(10)6(4-5)8(15)14-9(11)12/h2-4,13H,1H3,(H4,11,12,14,15). The lowest BCUT2D eigenvalue weighted by Crippen LogP contribution is -2.24. The largest absolute Gasteiger partial charge is 0.370 e. The highest BCUT2D eigenvalue weighted by Gasteiger charge is 2.17. The van der Waals surface area contributed by atoms with Gasteiger partial charge in [0, 0.05) is 0 Å². The minimum absolute atomic E-state index is 0.0556. The lowest BCUT2D eigenvalue weighted by Gasteiger charge is -2.05. The van der Waals surface area contributed by atoms with E-state index >= 15 is 0 Å². The molecule has 0 spiro atoms. The lowest BCUT2D eigenvalue weighted by molar-refractivity contribution is 0.100. The Morgan fingerprint density at radius 1 is 1.39 bits per heavy atom. The van der Waals surface area contributed by atoms with E-state index in [0.717, 1.165) is 6.07 Å². The molecule has 1 aromatic rings. The number of sulfonamides is 1. The normalized spacial score (nSPS) is 11.0. The second-order valence-corrected chi connectivity index (χ2v) is 5.48. The average molecular weight is 291 g/mol. The van der Waals surface area contributed by atoms with Crippen molar-refractivity contribution in [1.82, 2.24) is 4.72 Å². The van der Waals surface area contributed by atoms with Crippen molar-refractivity contribution < 1.29 is 13.2 Å². The van der Waals surface area contributed by atoms with E-state index in [-0.39, 0.29) is 15.5 Å². The van der Waals surface area contributed by atoms with Gasteiger partial charge in [-0.15, -0.1) is 0 Å². The van der Waals surface area contributed by atoms with Crippen LogP contribution >= 0.6 is 11.6 Å². The van der Waals surface area contributed by atoms with Crippen molar-refractivity contribution in [1.29, 1.82) is 0 Å². The predicted molar refractivity (Wildman–Crippen MR) is 67.8 cm³/mol. The Morgan fingerprint density at radius 3 is 2.50 bits per heavy atom. The predicted octanol–water partition coefficient (Wildman–Crippen LogP) is -0.338. The zero-order valence-corrected chi connectivity index (χ0v) is 10.9. The Labute approximate surface area is 109 Å². The molecular weight excluding hydrogens is 280 g/mol. The molecule has 0 heterocycles. The minimum atomic E-state index is -3.67. The van der Waals surface area contributed by atoms with Crippen LogP contribution in [0.3, 0.4) is 0 Å². The van der Waals surface area contributed by atoms with Crippen LogP contribution in [0.5, 0.6) is 0 Å². The number of nitrogens with one attached hydrogen (secondary N) is 1. The third-order valence-electron chi connectivity index (χ3n) is 1.98. The summed E-state index contributed by atoms with van der Waals surface area (Å²) in [5, 5.41) is 0.0556. The van der Waals surface area contributed by atoms with Gasteiger partial charge in [0.05, 0.1) is 15.5 Å². The zero-order valence-electron chi connectivity index (χ0n) is 9.34. The Morgan fingerprint density at radius 2 is 2.00 bits per heavy atom. The Kier molecular flexibility index (Phi) is 4.28. The maximum Gasteiger partial charge on any atom is 0.281 e. The Hall–Kier alpha value is -1.64. The number of rotatable bonds is 3. The van der Waals surface area contributed by atoms with Gasteiger partial charge in [-0.05, 0) is 25.2 Å². The molecule has 0 radical (unpaired) electrons. The molecule has 0 fully saturated rings. The molecule has 0 aliphatic heterocycles. The van der Waals surface area contributed by atoms with Crippen LogP contribution in [-0.2, 0) is 10.0 Å². The van der Waals surface area contributed by atoms with Crippen LogP contribution in [-0.4, -0.2) is 27.3 Å². The monoisotopic (exact) mass is 290 g/mol. The summed E-state index contributed by atoms with van der Waals surface area (Å²) >= 11 is 5.78. The molecule has 9 heteroatoms. The van der Waals surface area contributed by atoms with E-state index < -0.39 is 21.9 Å². The SMILES string of the molecule is CNS(=O)(=O)c1ccc(Cl)c(C(=O)N=C(N)N)c1. The molecule has 0 atom stereocenters. The summed E-state index contributed by atoms with van der Waals surface area (Å²) in [6.07, 6.45) is 0. The highest BCUT2D eigenvalue weighted by molar-refractivity contribution is 7.89. The fraction of sp³-hybridized carbons (Fsp3) is 0.111. The number of benzene rings is 1. The molecule has 0 saturated carbocycles. The summed E-state index contributed by atoms with van der Waals surface area (Å²) in [4.78, 5) is 14.8. The van der Waals surface area contributed by atoms with E-state index in [1.807, 2.05) is 0 Å². The third-order valence-corrected chi connectivity index (χ3v) is 3.72. The molecule has 0 bridgehead atoms. The molecule has 0 saturated heterocycles. The summed E-state index contributed by atoms with van der Waals surface area (Å²) < 4.78 is 25.2. The number of hydrogen-bond donors (Lipinski definition) is 3. The van der Waals surface area contributed by atoms with Gasteiger partial charge in [0.2, 0.25) is 10.0 Å². The van der Waals surface area contributed by atoms with Gasteiger partial charge >= 0.3 is 0 Å². The number of carbonyl (C=O) groups excluding carboxylic acids is 1. The highest BCUT2D eigenvalue weighted by Crippen LogP contribution is 2.21. The van der Waals surface area contributed by atoms with Crippen molar-refractivity contribution in [2.24, 2.45) is 16.5 Å². The number of nitrogens with zero attached hydrogens (tertiary/aromatic N) is 1. The van der Waals surface area contributed by atoms with Crippen LogP contribution in [0, 0.1) is 0 Å². The minimum Gasteiger partial charge on any atom is -0.370 e. The van der Waals surface area contributed by atoms with Crippen LogP contribution in [0.25, 0.3) is 0 Å². The van der Waals surface area contributed by atoms with Gasteiger partial charge in [0.25, 0.3) is 5.91 Å². The second kappa shape index (κ2) is 5.34. The Bertz CT molecular complexity index is 608. The number of nitrogens with two attached hydrogens (primary N) is 2. The van der Waals surface area contributed by atoms with Crippen LogP contribution < -0.4 is 16.2 Å². The second-order valence-electron chi connectivity index (χ2n) is 3.19. The average Bonchev–Trinajstić information content (AvgIpc) is 2.28. The number of halogens is 1. The first-order valence-corrected chi connectivity index (χ1v) is 6.51. The number of amides is 1. The van der Waals surface area contributed by atoms with Crippen LogP contribution in [0.4, 0.5) is 0 Å². The molecule has 1 rings (SSSR count). The van der Waals surface area contributed by atoms with Gasteiger partial charge in [-0.1, -0.05) is 11.6 Å². The molecule has 1 aromatic carbocycles. The molecule has 18 heavy (non-hydrogen) atoms. The van der Waals surface area contributed by atoms with Crippen LogP contribution in [0.15, 0.2) is 28.1 Å². The van der Waals surface area contributed by atoms with Crippen molar-refractivity contribution in [3.63, 3.8) is 0 Å². The summed E-state index contributed by atoms with van der Waals surface area (Å²) in [7, 11) is -2.42. The van der Waals surface area contributed by atoms with Gasteiger partial charge in [-0.2, -0.15) is 4.99 Å². The highest BCUT2D eigenvalue weighted by atomic mass is 35.5. The number of carbonyl (C=O) groups is 1. The maximum atomic E-state index is 11.6. The fourth-order valence-corrected chi connectivity index (χ4v) is 2.09. The van der Waals surface area contributed by atoms with E-state index in [1.165, 1.54) is 19.2 Å². The van der Waals surface area contributed by atoms with Gasteiger partial charge in [-0.3, -0.25) is 4.79 Å². The number of hydrogen-bond acceptors (Lipinski definition) is 3. The first-order valence-electron chi connectivity index (χ1n) is 4.65. The van der Waals surface area contributed by atoms with Gasteiger partial charge < -0.3 is 11.5 Å². The van der Waals surface area contributed by atoms with E-state index in [1.54, 1.807) is 0 Å². The maximum absolute atomic E-state index is 11.6. The molecule has 0 aromatic heterocycles. The van der Waals surface area contributed by atoms with E-state index in [0.29, 0.717) is 0 Å². The molecule has 1 amide bonds.